The van der Waals surface area contributed by atoms with Gasteiger partial charge in [0.2, 0.25) is 10.0 Å². The lowest BCUT2D eigenvalue weighted by molar-refractivity contribution is 0.0597. The highest BCUT2D eigenvalue weighted by molar-refractivity contribution is 7.89. The third-order valence-corrected chi connectivity index (χ3v) is 5.77. The van der Waals surface area contributed by atoms with E-state index in [1.54, 1.807) is 6.92 Å². The molecule has 0 unspecified atom stereocenters. The first-order chi connectivity index (χ1) is 9.37. The molecule has 1 saturated heterocycles. The van der Waals surface area contributed by atoms with E-state index in [-0.39, 0.29) is 23.6 Å². The number of hydrogen-bond donors (Lipinski definition) is 2. The molecule has 2 N–H and O–H groups in total. The van der Waals surface area contributed by atoms with E-state index >= 15 is 0 Å². The summed E-state index contributed by atoms with van der Waals surface area (Å²) in [6.45, 7) is 7.18. The summed E-state index contributed by atoms with van der Waals surface area (Å²) in [5, 5.41) is 15.5. The maximum absolute atomic E-state index is 12.6. The first-order valence-corrected chi connectivity index (χ1v) is 8.18. The summed E-state index contributed by atoms with van der Waals surface area (Å²) >= 11 is 0. The van der Waals surface area contributed by atoms with Gasteiger partial charge in [-0.25, -0.2) is 8.42 Å². The molecule has 1 aromatic heterocycles. The Balaban J connectivity index is 2.21. The van der Waals surface area contributed by atoms with Gasteiger partial charge in [-0.05, 0) is 20.8 Å². The van der Waals surface area contributed by atoms with Crippen molar-refractivity contribution in [2.24, 2.45) is 0 Å². The van der Waals surface area contributed by atoms with Crippen LogP contribution in [0.2, 0.25) is 0 Å². The number of H-pyrrole nitrogens is 1. The van der Waals surface area contributed by atoms with E-state index in [1.807, 2.05) is 13.8 Å². The zero-order chi connectivity index (χ0) is 14.9. The Bertz CT molecular complexity index is 545. The van der Waals surface area contributed by atoms with Gasteiger partial charge < -0.3 is 5.11 Å². The maximum atomic E-state index is 12.6. The Labute approximate surface area is 119 Å². The summed E-state index contributed by atoms with van der Waals surface area (Å²) in [5.74, 6) is 0. The van der Waals surface area contributed by atoms with E-state index in [0.29, 0.717) is 25.3 Å². The fraction of sp³-hybridized carbons (Fsp3) is 0.750. The van der Waals surface area contributed by atoms with Gasteiger partial charge in [0.15, 0.2) is 0 Å². The highest BCUT2D eigenvalue weighted by atomic mass is 32.2. The van der Waals surface area contributed by atoms with Crippen LogP contribution >= 0.6 is 0 Å². The van der Waals surface area contributed by atoms with E-state index in [0.717, 1.165) is 0 Å². The second-order valence-corrected chi connectivity index (χ2v) is 7.25. The van der Waals surface area contributed by atoms with Gasteiger partial charge in [0.1, 0.15) is 4.90 Å². The van der Waals surface area contributed by atoms with Gasteiger partial charge in [-0.2, -0.15) is 9.40 Å². The van der Waals surface area contributed by atoms with Crippen LogP contribution in [-0.2, 0) is 10.0 Å². The second kappa shape index (κ2) is 5.80. The van der Waals surface area contributed by atoms with Crippen molar-refractivity contribution in [3.05, 3.63) is 11.9 Å². The summed E-state index contributed by atoms with van der Waals surface area (Å²) in [5.41, 5.74) is 0.558. The Kier molecular flexibility index (Phi) is 4.48. The lowest BCUT2D eigenvalue weighted by atomic mass is 10.1. The molecule has 1 fully saturated rings. The summed E-state index contributed by atoms with van der Waals surface area (Å²) in [6.07, 6.45) is 1.36. The molecule has 0 bridgehead atoms. The molecule has 114 valence electrons. The molecule has 0 spiro atoms. The number of piperazine rings is 1. The van der Waals surface area contributed by atoms with Crippen LogP contribution in [0.3, 0.4) is 0 Å². The molecule has 20 heavy (non-hydrogen) atoms. The topological polar surface area (TPSA) is 89.5 Å². The molecule has 0 radical (unpaired) electrons. The molecule has 0 aliphatic carbocycles. The van der Waals surface area contributed by atoms with Gasteiger partial charge in [0.25, 0.3) is 0 Å². The number of hydrogen-bond acceptors (Lipinski definition) is 5. The molecule has 0 amide bonds. The highest BCUT2D eigenvalue weighted by Crippen LogP contribution is 2.23. The van der Waals surface area contributed by atoms with Crippen molar-refractivity contribution in [2.75, 3.05) is 26.2 Å². The van der Waals surface area contributed by atoms with Gasteiger partial charge in [0.05, 0.1) is 18.5 Å². The molecule has 2 heterocycles. The maximum Gasteiger partial charge on any atom is 0.246 e. The van der Waals surface area contributed by atoms with Crippen LogP contribution in [0.15, 0.2) is 11.1 Å². The number of sulfonamides is 1. The molecule has 2 rings (SSSR count). The first kappa shape index (κ1) is 15.4. The summed E-state index contributed by atoms with van der Waals surface area (Å²) < 4.78 is 26.8. The van der Waals surface area contributed by atoms with Crippen molar-refractivity contribution in [1.82, 2.24) is 19.4 Å². The molecule has 1 aliphatic heterocycles. The third-order valence-electron chi connectivity index (χ3n) is 3.83. The van der Waals surface area contributed by atoms with E-state index < -0.39 is 10.0 Å². The van der Waals surface area contributed by atoms with Gasteiger partial charge in [-0.15, -0.1) is 0 Å². The van der Waals surface area contributed by atoms with Crippen molar-refractivity contribution in [1.29, 1.82) is 0 Å². The van der Waals surface area contributed by atoms with E-state index in [4.69, 9.17) is 5.11 Å². The zero-order valence-electron chi connectivity index (χ0n) is 12.1. The number of aryl methyl sites for hydroxylation is 1. The largest absolute Gasteiger partial charge is 0.395 e. The number of aromatic nitrogens is 2. The van der Waals surface area contributed by atoms with E-state index in [9.17, 15) is 8.42 Å². The molecular weight excluding hydrogens is 280 g/mol. The fourth-order valence-electron chi connectivity index (χ4n) is 2.80. The molecule has 1 aromatic rings. The number of β-amino-alcohol motifs (C(OH)–C–C–N with tert-alkyl or cyclic N) is 1. The molecule has 2 atom stereocenters. The van der Waals surface area contributed by atoms with Crippen LogP contribution in [-0.4, -0.2) is 71.3 Å². The monoisotopic (exact) mass is 302 g/mol. The lowest BCUT2D eigenvalue weighted by Gasteiger charge is -2.43. The molecule has 0 aromatic carbocycles. The summed E-state index contributed by atoms with van der Waals surface area (Å²) in [6, 6.07) is 0.153. The second-order valence-electron chi connectivity index (χ2n) is 5.34. The number of rotatable bonds is 4. The van der Waals surface area contributed by atoms with Crippen molar-refractivity contribution in [2.45, 2.75) is 37.8 Å². The summed E-state index contributed by atoms with van der Waals surface area (Å²) in [4.78, 5) is 2.38. The zero-order valence-corrected chi connectivity index (χ0v) is 12.9. The van der Waals surface area contributed by atoms with Crippen molar-refractivity contribution in [3.63, 3.8) is 0 Å². The number of nitrogens with zero attached hydrogens (tertiary/aromatic N) is 3. The van der Waals surface area contributed by atoms with Crippen LogP contribution in [0.25, 0.3) is 0 Å². The quantitative estimate of drug-likeness (QED) is 0.803. The van der Waals surface area contributed by atoms with Crippen LogP contribution in [0.1, 0.15) is 19.5 Å². The fourth-order valence-corrected chi connectivity index (χ4v) is 4.52. The smallest absolute Gasteiger partial charge is 0.246 e. The summed E-state index contributed by atoms with van der Waals surface area (Å²) in [7, 11) is -3.50. The average molecular weight is 302 g/mol. The Morgan fingerprint density at radius 3 is 2.45 bits per heavy atom. The first-order valence-electron chi connectivity index (χ1n) is 6.74. The van der Waals surface area contributed by atoms with Crippen molar-refractivity contribution in [3.8, 4) is 0 Å². The van der Waals surface area contributed by atoms with Crippen molar-refractivity contribution >= 4 is 10.0 Å². The SMILES string of the molecule is Cc1[nH]ncc1S(=O)(=O)N1C[C@@H](C)N(CCO)[C@@H](C)C1. The lowest BCUT2D eigenvalue weighted by Crippen LogP contribution is -2.58. The molecule has 8 heteroatoms. The molecular formula is C12H22N4O3S. The predicted molar refractivity (Wildman–Crippen MR) is 74.8 cm³/mol. The van der Waals surface area contributed by atoms with Gasteiger partial charge in [0, 0.05) is 31.7 Å². The van der Waals surface area contributed by atoms with E-state index in [2.05, 4.69) is 15.1 Å². The number of aromatic amines is 1. The molecule has 1 aliphatic rings. The predicted octanol–water partition coefficient (Wildman–Crippen LogP) is -0.206. The highest BCUT2D eigenvalue weighted by Gasteiger charge is 2.36. The Hall–Kier alpha value is -0.960. The Morgan fingerprint density at radius 2 is 2.00 bits per heavy atom. The van der Waals surface area contributed by atoms with Gasteiger partial charge in [-0.1, -0.05) is 0 Å². The number of aliphatic hydroxyl groups excluding tert-OH is 1. The minimum absolute atomic E-state index is 0.0767. The minimum Gasteiger partial charge on any atom is -0.395 e. The molecule has 7 nitrogen and oxygen atoms in total. The normalized spacial score (nSPS) is 26.0. The average Bonchev–Trinajstić information content (AvgIpc) is 2.80. The minimum atomic E-state index is -3.50. The van der Waals surface area contributed by atoms with Crippen LogP contribution in [0.5, 0.6) is 0 Å². The van der Waals surface area contributed by atoms with E-state index in [1.165, 1.54) is 10.5 Å². The van der Waals surface area contributed by atoms with Crippen molar-refractivity contribution < 1.29 is 13.5 Å². The van der Waals surface area contributed by atoms with Gasteiger partial charge in [-0.3, -0.25) is 10.00 Å². The molecule has 0 saturated carbocycles. The van der Waals surface area contributed by atoms with Crippen LogP contribution < -0.4 is 0 Å². The van der Waals surface area contributed by atoms with Crippen LogP contribution in [0, 0.1) is 6.92 Å². The van der Waals surface area contributed by atoms with Crippen LogP contribution in [0.4, 0.5) is 0 Å². The standard InChI is InChI=1S/C12H22N4O3S/c1-9-7-15(8-10(2)16(9)4-5-17)20(18,19)12-6-13-14-11(12)3/h6,9-10,17H,4-5,7-8H2,1-3H3,(H,13,14)/t9-,10+. The van der Waals surface area contributed by atoms with Gasteiger partial charge >= 0.3 is 0 Å². The Morgan fingerprint density at radius 1 is 1.40 bits per heavy atom. The third kappa shape index (κ3) is 2.73. The number of nitrogens with one attached hydrogen (secondary N) is 1. The number of aliphatic hydroxyl groups is 1.